The van der Waals surface area contributed by atoms with E-state index in [2.05, 4.69) is 17.1 Å². The van der Waals surface area contributed by atoms with Crippen LogP contribution < -0.4 is 5.32 Å². The minimum absolute atomic E-state index is 0.542. The molecule has 4 unspecified atom stereocenters. The van der Waals surface area contributed by atoms with Gasteiger partial charge in [-0.3, -0.25) is 4.90 Å². The zero-order chi connectivity index (χ0) is 10.3. The lowest BCUT2D eigenvalue weighted by molar-refractivity contribution is -0.0411. The Hall–Kier alpha value is -0.120. The molecule has 0 aliphatic carbocycles. The monoisotopic (exact) mass is 210 g/mol. The van der Waals surface area contributed by atoms with Crippen LogP contribution in [0.3, 0.4) is 0 Å². The lowest BCUT2D eigenvalue weighted by atomic mass is 10.0. The molecule has 3 nitrogen and oxygen atoms in total. The largest absolute Gasteiger partial charge is 0.372 e. The highest BCUT2D eigenvalue weighted by atomic mass is 16.5. The quantitative estimate of drug-likeness (QED) is 0.731. The Kier molecular flexibility index (Phi) is 2.71. The van der Waals surface area contributed by atoms with Gasteiger partial charge >= 0.3 is 0 Å². The number of likely N-dealkylation sites (tertiary alicyclic amines) is 1. The summed E-state index contributed by atoms with van der Waals surface area (Å²) in [5.41, 5.74) is 0. The van der Waals surface area contributed by atoms with E-state index in [1.165, 1.54) is 45.4 Å². The summed E-state index contributed by atoms with van der Waals surface area (Å²) in [7, 11) is 0. The molecular weight excluding hydrogens is 188 g/mol. The van der Waals surface area contributed by atoms with Gasteiger partial charge in [-0.2, -0.15) is 0 Å². The third-order valence-electron chi connectivity index (χ3n) is 4.27. The Morgan fingerprint density at radius 1 is 1.20 bits per heavy atom. The Balaban J connectivity index is 1.55. The van der Waals surface area contributed by atoms with Crippen molar-refractivity contribution >= 4 is 0 Å². The first-order valence-electron chi connectivity index (χ1n) is 6.42. The summed E-state index contributed by atoms with van der Waals surface area (Å²) in [5.74, 6) is 0.852. The number of ether oxygens (including phenoxy) is 1. The summed E-state index contributed by atoms with van der Waals surface area (Å²) in [6.07, 6.45) is 5.01. The van der Waals surface area contributed by atoms with Crippen LogP contribution in [0.4, 0.5) is 0 Å². The van der Waals surface area contributed by atoms with E-state index in [4.69, 9.17) is 4.74 Å². The predicted molar refractivity (Wildman–Crippen MR) is 59.9 cm³/mol. The van der Waals surface area contributed by atoms with Crippen LogP contribution in [0, 0.1) is 5.92 Å². The standard InChI is InChI=1S/C12H22N2O/c1-9-4-5-13-12(9)8-14-6-10-2-3-11(7-14)15-10/h9-13H,2-8H2,1H3. The van der Waals surface area contributed by atoms with Crippen molar-refractivity contribution in [2.24, 2.45) is 5.92 Å². The molecule has 3 aliphatic heterocycles. The Labute approximate surface area is 92.2 Å². The first-order chi connectivity index (χ1) is 7.31. The minimum Gasteiger partial charge on any atom is -0.372 e. The van der Waals surface area contributed by atoms with Crippen molar-refractivity contribution in [2.75, 3.05) is 26.2 Å². The molecule has 0 aromatic heterocycles. The molecule has 86 valence electrons. The lowest BCUT2D eigenvalue weighted by Crippen LogP contribution is -2.48. The summed E-state index contributed by atoms with van der Waals surface area (Å²) in [6, 6.07) is 0.725. The summed E-state index contributed by atoms with van der Waals surface area (Å²) in [4.78, 5) is 2.62. The van der Waals surface area contributed by atoms with Crippen LogP contribution in [0.1, 0.15) is 26.2 Å². The van der Waals surface area contributed by atoms with E-state index in [0.717, 1.165) is 12.0 Å². The second-order valence-electron chi connectivity index (χ2n) is 5.50. The molecule has 3 aliphatic rings. The second kappa shape index (κ2) is 4.04. The zero-order valence-corrected chi connectivity index (χ0v) is 9.61. The summed E-state index contributed by atoms with van der Waals surface area (Å²) < 4.78 is 5.86. The smallest absolute Gasteiger partial charge is 0.0707 e. The highest BCUT2D eigenvalue weighted by molar-refractivity contribution is 4.89. The van der Waals surface area contributed by atoms with Crippen LogP contribution in [0.5, 0.6) is 0 Å². The van der Waals surface area contributed by atoms with E-state index in [1.54, 1.807) is 0 Å². The van der Waals surface area contributed by atoms with Gasteiger partial charge in [0, 0.05) is 25.7 Å². The number of nitrogens with one attached hydrogen (secondary N) is 1. The topological polar surface area (TPSA) is 24.5 Å². The first kappa shape index (κ1) is 10.1. The van der Waals surface area contributed by atoms with Crippen molar-refractivity contribution < 1.29 is 4.74 Å². The van der Waals surface area contributed by atoms with Gasteiger partial charge in [0.25, 0.3) is 0 Å². The molecule has 2 bridgehead atoms. The number of morpholine rings is 1. The molecule has 3 heteroatoms. The molecule has 0 spiro atoms. The van der Waals surface area contributed by atoms with E-state index in [-0.39, 0.29) is 0 Å². The Morgan fingerprint density at radius 3 is 2.53 bits per heavy atom. The average Bonchev–Trinajstić information content (AvgIpc) is 2.75. The van der Waals surface area contributed by atoms with Crippen LogP contribution in [0.15, 0.2) is 0 Å². The predicted octanol–water partition coefficient (Wildman–Crippen LogP) is 0.848. The lowest BCUT2D eigenvalue weighted by Gasteiger charge is -2.34. The SMILES string of the molecule is CC1CCNC1CN1CC2CCC(C1)O2. The van der Waals surface area contributed by atoms with Gasteiger partial charge in [-0.05, 0) is 31.7 Å². The summed E-state index contributed by atoms with van der Waals surface area (Å²) >= 11 is 0. The van der Waals surface area contributed by atoms with Crippen molar-refractivity contribution in [3.8, 4) is 0 Å². The number of fused-ring (bicyclic) bond motifs is 2. The van der Waals surface area contributed by atoms with Crippen molar-refractivity contribution in [3.63, 3.8) is 0 Å². The molecule has 0 radical (unpaired) electrons. The minimum atomic E-state index is 0.542. The van der Waals surface area contributed by atoms with E-state index in [1.807, 2.05) is 0 Å². The van der Waals surface area contributed by atoms with Gasteiger partial charge < -0.3 is 10.1 Å². The molecule has 15 heavy (non-hydrogen) atoms. The van der Waals surface area contributed by atoms with Gasteiger partial charge in [-0.15, -0.1) is 0 Å². The highest BCUT2D eigenvalue weighted by Crippen LogP contribution is 2.27. The number of hydrogen-bond acceptors (Lipinski definition) is 3. The fourth-order valence-electron chi connectivity index (χ4n) is 3.27. The fourth-order valence-corrected chi connectivity index (χ4v) is 3.27. The van der Waals surface area contributed by atoms with Gasteiger partial charge in [0.05, 0.1) is 12.2 Å². The van der Waals surface area contributed by atoms with E-state index < -0.39 is 0 Å². The molecule has 1 N–H and O–H groups in total. The van der Waals surface area contributed by atoms with E-state index in [9.17, 15) is 0 Å². The molecular formula is C12H22N2O. The number of hydrogen-bond donors (Lipinski definition) is 1. The van der Waals surface area contributed by atoms with Crippen molar-refractivity contribution in [2.45, 2.75) is 44.4 Å². The van der Waals surface area contributed by atoms with E-state index in [0.29, 0.717) is 12.2 Å². The van der Waals surface area contributed by atoms with Gasteiger partial charge in [0.2, 0.25) is 0 Å². The fraction of sp³-hybridized carbons (Fsp3) is 1.00. The molecule has 0 aromatic carbocycles. The maximum atomic E-state index is 5.86. The van der Waals surface area contributed by atoms with Crippen LogP contribution in [-0.4, -0.2) is 49.3 Å². The van der Waals surface area contributed by atoms with Crippen molar-refractivity contribution in [1.82, 2.24) is 10.2 Å². The third kappa shape index (κ3) is 2.05. The first-order valence-corrected chi connectivity index (χ1v) is 6.42. The summed E-state index contributed by atoms with van der Waals surface area (Å²) in [6.45, 7) is 7.16. The van der Waals surface area contributed by atoms with Crippen LogP contribution in [-0.2, 0) is 4.74 Å². The van der Waals surface area contributed by atoms with Gasteiger partial charge in [0.15, 0.2) is 0 Å². The second-order valence-corrected chi connectivity index (χ2v) is 5.50. The van der Waals surface area contributed by atoms with Crippen molar-refractivity contribution in [3.05, 3.63) is 0 Å². The van der Waals surface area contributed by atoms with Gasteiger partial charge in [-0.1, -0.05) is 6.92 Å². The van der Waals surface area contributed by atoms with E-state index >= 15 is 0 Å². The molecule has 3 saturated heterocycles. The third-order valence-corrected chi connectivity index (χ3v) is 4.27. The summed E-state index contributed by atoms with van der Waals surface area (Å²) in [5, 5.41) is 3.62. The molecule has 3 rings (SSSR count). The molecule has 3 heterocycles. The molecule has 0 aromatic rings. The number of rotatable bonds is 2. The highest BCUT2D eigenvalue weighted by Gasteiger charge is 2.35. The molecule has 3 fully saturated rings. The maximum Gasteiger partial charge on any atom is 0.0707 e. The van der Waals surface area contributed by atoms with Crippen LogP contribution in [0.25, 0.3) is 0 Å². The average molecular weight is 210 g/mol. The van der Waals surface area contributed by atoms with Crippen molar-refractivity contribution in [1.29, 1.82) is 0 Å². The van der Waals surface area contributed by atoms with Crippen LogP contribution in [0.2, 0.25) is 0 Å². The Morgan fingerprint density at radius 2 is 1.93 bits per heavy atom. The van der Waals surface area contributed by atoms with Gasteiger partial charge in [-0.25, -0.2) is 0 Å². The number of nitrogens with zero attached hydrogens (tertiary/aromatic N) is 1. The van der Waals surface area contributed by atoms with Crippen LogP contribution >= 0.6 is 0 Å². The normalized spacial score (nSPS) is 46.2. The molecule has 0 saturated carbocycles. The Bertz CT molecular complexity index is 222. The maximum absolute atomic E-state index is 5.86. The zero-order valence-electron chi connectivity index (χ0n) is 9.61. The van der Waals surface area contributed by atoms with Gasteiger partial charge in [0.1, 0.15) is 0 Å². The molecule has 0 amide bonds. The molecule has 4 atom stereocenters.